The molecule has 0 spiro atoms. The van der Waals surface area contributed by atoms with Gasteiger partial charge in [0.05, 0.1) is 18.7 Å². The molecule has 0 radical (unpaired) electrons. The first kappa shape index (κ1) is 21.3. The molecule has 1 fully saturated rings. The van der Waals surface area contributed by atoms with Crippen LogP contribution in [0.15, 0.2) is 23.6 Å². The number of benzene rings is 1. The summed E-state index contributed by atoms with van der Waals surface area (Å²) in [5, 5.41) is 5.62. The van der Waals surface area contributed by atoms with Crippen molar-refractivity contribution in [1.82, 2.24) is 9.88 Å². The normalized spacial score (nSPS) is 16.7. The van der Waals surface area contributed by atoms with Crippen molar-refractivity contribution in [2.45, 2.75) is 25.8 Å². The van der Waals surface area contributed by atoms with E-state index in [1.54, 1.807) is 11.0 Å². The van der Waals surface area contributed by atoms with E-state index in [0.29, 0.717) is 17.8 Å². The summed E-state index contributed by atoms with van der Waals surface area (Å²) in [6.45, 7) is 2.51. The fourth-order valence-electron chi connectivity index (χ4n) is 3.26. The minimum absolute atomic E-state index is 0.101. The van der Waals surface area contributed by atoms with Gasteiger partial charge in [0.1, 0.15) is 10.9 Å². The number of hydrogen-bond donors (Lipinski definition) is 1. The van der Waals surface area contributed by atoms with Gasteiger partial charge in [0.15, 0.2) is 9.84 Å². The van der Waals surface area contributed by atoms with Crippen LogP contribution in [-0.4, -0.2) is 56.0 Å². The third-order valence-corrected chi connectivity index (χ3v) is 6.31. The number of sulfone groups is 1. The third-order valence-electron chi connectivity index (χ3n) is 4.58. The smallest absolute Gasteiger partial charge is 0.337 e. The van der Waals surface area contributed by atoms with Crippen molar-refractivity contribution in [2.75, 3.05) is 31.1 Å². The number of thiazole rings is 1. The SMILES string of the molecule is COC(=O)c1cc(NCS(C)(=O)=O)cc(C(=O)N2CCC[C@@H]2c2nc(C)cs2)c1. The third kappa shape index (κ3) is 5.13. The average molecular weight is 438 g/mol. The molecule has 2 aromatic rings. The quantitative estimate of drug-likeness (QED) is 0.693. The Balaban J connectivity index is 1.92. The highest BCUT2D eigenvalue weighted by Crippen LogP contribution is 2.35. The molecular formula is C19H23N3O5S2. The van der Waals surface area contributed by atoms with Gasteiger partial charge in [-0.05, 0) is 38.0 Å². The van der Waals surface area contributed by atoms with Gasteiger partial charge in [0.2, 0.25) is 0 Å². The van der Waals surface area contributed by atoms with Crippen LogP contribution >= 0.6 is 11.3 Å². The first-order valence-electron chi connectivity index (χ1n) is 9.06. The van der Waals surface area contributed by atoms with Crippen molar-refractivity contribution < 1.29 is 22.7 Å². The van der Waals surface area contributed by atoms with Crippen LogP contribution in [0.25, 0.3) is 0 Å². The molecule has 3 rings (SSSR count). The van der Waals surface area contributed by atoms with Crippen molar-refractivity contribution in [1.29, 1.82) is 0 Å². The summed E-state index contributed by atoms with van der Waals surface area (Å²) in [5.41, 5.74) is 1.76. The summed E-state index contributed by atoms with van der Waals surface area (Å²) in [6, 6.07) is 4.40. The van der Waals surface area contributed by atoms with Crippen LogP contribution in [-0.2, 0) is 14.6 Å². The molecule has 1 saturated heterocycles. The monoisotopic (exact) mass is 437 g/mol. The topological polar surface area (TPSA) is 106 Å². The van der Waals surface area contributed by atoms with Gasteiger partial charge in [0, 0.05) is 35.1 Å². The molecule has 1 atom stereocenters. The summed E-state index contributed by atoms with van der Waals surface area (Å²) in [6.07, 6.45) is 2.79. The van der Waals surface area contributed by atoms with Gasteiger partial charge in [-0.2, -0.15) is 0 Å². The molecule has 0 unspecified atom stereocenters. The first-order chi connectivity index (χ1) is 13.7. The van der Waals surface area contributed by atoms with Crippen LogP contribution in [0.3, 0.4) is 0 Å². The maximum Gasteiger partial charge on any atom is 0.337 e. The number of methoxy groups -OCH3 is 1. The first-order valence-corrected chi connectivity index (χ1v) is 12.0. The van der Waals surface area contributed by atoms with E-state index in [1.165, 1.54) is 30.6 Å². The van der Waals surface area contributed by atoms with Gasteiger partial charge in [-0.15, -0.1) is 11.3 Å². The number of rotatable bonds is 6. The second kappa shape index (κ2) is 8.50. The molecular weight excluding hydrogens is 414 g/mol. The number of carbonyl (C=O) groups is 2. The molecule has 1 aliphatic heterocycles. The molecule has 0 aliphatic carbocycles. The largest absolute Gasteiger partial charge is 0.465 e. The van der Waals surface area contributed by atoms with Crippen LogP contribution < -0.4 is 5.32 Å². The molecule has 156 valence electrons. The lowest BCUT2D eigenvalue weighted by atomic mass is 10.1. The zero-order chi connectivity index (χ0) is 21.2. The predicted molar refractivity (Wildman–Crippen MR) is 111 cm³/mol. The van der Waals surface area contributed by atoms with Gasteiger partial charge in [-0.3, -0.25) is 4.79 Å². The van der Waals surface area contributed by atoms with E-state index in [4.69, 9.17) is 4.74 Å². The fraction of sp³-hybridized carbons (Fsp3) is 0.421. The molecule has 1 N–H and O–H groups in total. The summed E-state index contributed by atoms with van der Waals surface area (Å²) in [7, 11) is -2.03. The number of esters is 1. The van der Waals surface area contributed by atoms with E-state index in [-0.39, 0.29) is 23.4 Å². The van der Waals surface area contributed by atoms with E-state index in [0.717, 1.165) is 29.8 Å². The van der Waals surface area contributed by atoms with Crippen molar-refractivity contribution in [3.63, 3.8) is 0 Å². The maximum absolute atomic E-state index is 13.3. The Kier molecular flexibility index (Phi) is 6.23. The Morgan fingerprint density at radius 2 is 2.03 bits per heavy atom. The molecule has 2 heterocycles. The molecule has 1 aromatic carbocycles. The van der Waals surface area contributed by atoms with Crippen molar-refractivity contribution >= 4 is 38.7 Å². The number of aromatic nitrogens is 1. The highest BCUT2D eigenvalue weighted by atomic mass is 32.2. The summed E-state index contributed by atoms with van der Waals surface area (Å²) in [4.78, 5) is 31.6. The number of hydrogen-bond acceptors (Lipinski definition) is 8. The Labute approximate surface area is 173 Å². The van der Waals surface area contributed by atoms with Gasteiger partial charge >= 0.3 is 5.97 Å². The lowest BCUT2D eigenvalue weighted by Crippen LogP contribution is -2.30. The van der Waals surface area contributed by atoms with Gasteiger partial charge in [0.25, 0.3) is 5.91 Å². The number of ether oxygens (including phenoxy) is 1. The zero-order valence-electron chi connectivity index (χ0n) is 16.5. The Morgan fingerprint density at radius 3 is 2.66 bits per heavy atom. The highest BCUT2D eigenvalue weighted by molar-refractivity contribution is 7.90. The van der Waals surface area contributed by atoms with Crippen LogP contribution in [0.4, 0.5) is 5.69 Å². The molecule has 10 heteroatoms. The van der Waals surface area contributed by atoms with E-state index in [1.807, 2.05) is 12.3 Å². The summed E-state index contributed by atoms with van der Waals surface area (Å²) in [5.74, 6) is -1.14. The molecule has 8 nitrogen and oxygen atoms in total. The molecule has 29 heavy (non-hydrogen) atoms. The van der Waals surface area contributed by atoms with E-state index < -0.39 is 15.8 Å². The van der Waals surface area contributed by atoms with Gasteiger partial charge < -0.3 is 15.0 Å². The number of aryl methyl sites for hydroxylation is 1. The van der Waals surface area contributed by atoms with Gasteiger partial charge in [-0.1, -0.05) is 0 Å². The van der Waals surface area contributed by atoms with E-state index in [2.05, 4.69) is 10.3 Å². The number of nitrogens with zero attached hydrogens (tertiary/aromatic N) is 2. The van der Waals surface area contributed by atoms with Gasteiger partial charge in [-0.25, -0.2) is 18.2 Å². The minimum Gasteiger partial charge on any atom is -0.465 e. The minimum atomic E-state index is -3.28. The predicted octanol–water partition coefficient (Wildman–Crippen LogP) is 2.63. The number of carbonyl (C=O) groups excluding carboxylic acids is 2. The Bertz CT molecular complexity index is 1030. The van der Waals surface area contributed by atoms with Crippen LogP contribution in [0.1, 0.15) is 50.3 Å². The second-order valence-electron chi connectivity index (χ2n) is 7.02. The summed E-state index contributed by atoms with van der Waals surface area (Å²) >= 11 is 1.53. The van der Waals surface area contributed by atoms with Crippen molar-refractivity contribution in [2.24, 2.45) is 0 Å². The molecule has 0 saturated carbocycles. The maximum atomic E-state index is 13.3. The average Bonchev–Trinajstić information content (AvgIpc) is 3.33. The molecule has 1 aromatic heterocycles. The number of amides is 1. The number of nitrogens with one attached hydrogen (secondary N) is 1. The molecule has 0 bridgehead atoms. The van der Waals surface area contributed by atoms with Crippen molar-refractivity contribution in [3.8, 4) is 0 Å². The lowest BCUT2D eigenvalue weighted by Gasteiger charge is -2.23. The van der Waals surface area contributed by atoms with Crippen molar-refractivity contribution in [3.05, 3.63) is 45.4 Å². The van der Waals surface area contributed by atoms with E-state index in [9.17, 15) is 18.0 Å². The zero-order valence-corrected chi connectivity index (χ0v) is 18.1. The lowest BCUT2D eigenvalue weighted by molar-refractivity contribution is 0.0600. The Hall–Kier alpha value is -2.46. The standard InChI is InChI=1S/C19H23N3O5S2/c1-12-10-28-17(21-12)16-5-4-6-22(16)18(23)13-7-14(19(24)27-2)9-15(8-13)20-11-29(3,25)26/h7-10,16,20H,4-6,11H2,1-3H3/t16-/m1/s1. The molecule has 1 aliphatic rings. The van der Waals surface area contributed by atoms with E-state index >= 15 is 0 Å². The number of likely N-dealkylation sites (tertiary alicyclic amines) is 1. The summed E-state index contributed by atoms with van der Waals surface area (Å²) < 4.78 is 27.7. The van der Waals surface area contributed by atoms with Crippen LogP contribution in [0, 0.1) is 6.92 Å². The van der Waals surface area contributed by atoms with Crippen LogP contribution in [0.2, 0.25) is 0 Å². The van der Waals surface area contributed by atoms with Crippen LogP contribution in [0.5, 0.6) is 0 Å². The molecule has 1 amide bonds. The second-order valence-corrected chi connectivity index (χ2v) is 10.1. The highest BCUT2D eigenvalue weighted by Gasteiger charge is 2.33. The fourth-order valence-corrected chi connectivity index (χ4v) is 4.63. The number of anilines is 1. The Morgan fingerprint density at radius 1 is 1.31 bits per heavy atom.